The third-order valence-electron chi connectivity index (χ3n) is 3.70. The Kier molecular flexibility index (Phi) is 6.31. The molecule has 0 atom stereocenters. The number of Topliss-reactive ketones (excluding diaryl/α,β-unsaturated/α-hetero) is 1. The van der Waals surface area contributed by atoms with Gasteiger partial charge in [0.15, 0.2) is 5.78 Å². The molecule has 2 aromatic rings. The summed E-state index contributed by atoms with van der Waals surface area (Å²) in [5, 5.41) is 5.98. The molecule has 0 radical (unpaired) electrons. The fourth-order valence-corrected chi connectivity index (χ4v) is 2.44. The zero-order valence-corrected chi connectivity index (χ0v) is 15.5. The Balaban J connectivity index is 2.01. The Bertz CT molecular complexity index is 886. The van der Waals surface area contributed by atoms with E-state index in [0.29, 0.717) is 22.0 Å². The maximum absolute atomic E-state index is 12.2. The van der Waals surface area contributed by atoms with Gasteiger partial charge in [0.1, 0.15) is 0 Å². The smallest absolute Gasteiger partial charge is 0.251 e. The molecule has 0 spiro atoms. The Labute approximate surface area is 157 Å². The summed E-state index contributed by atoms with van der Waals surface area (Å²) in [6, 6.07) is 11.7. The topological polar surface area (TPSA) is 75.3 Å². The Morgan fingerprint density at radius 3 is 2.19 bits per heavy atom. The van der Waals surface area contributed by atoms with Gasteiger partial charge in [-0.25, -0.2) is 0 Å². The van der Waals surface area contributed by atoms with Crippen LogP contribution in [-0.4, -0.2) is 17.6 Å². The van der Waals surface area contributed by atoms with E-state index in [9.17, 15) is 14.4 Å². The van der Waals surface area contributed by atoms with Gasteiger partial charge in [0.2, 0.25) is 5.91 Å². The van der Waals surface area contributed by atoms with E-state index in [1.165, 1.54) is 13.0 Å². The highest BCUT2D eigenvalue weighted by Crippen LogP contribution is 2.20. The summed E-state index contributed by atoms with van der Waals surface area (Å²) in [5.41, 5.74) is 2.82. The van der Waals surface area contributed by atoms with Crippen molar-refractivity contribution < 1.29 is 14.4 Å². The van der Waals surface area contributed by atoms with E-state index < -0.39 is 5.91 Å². The van der Waals surface area contributed by atoms with Gasteiger partial charge in [-0.3, -0.25) is 14.4 Å². The molecule has 2 rings (SSSR count). The van der Waals surface area contributed by atoms with Gasteiger partial charge in [-0.15, -0.1) is 0 Å². The highest BCUT2D eigenvalue weighted by Gasteiger charge is 2.09. The average molecular weight is 371 g/mol. The lowest BCUT2D eigenvalue weighted by molar-refractivity contribution is -0.114. The second-order valence-corrected chi connectivity index (χ2v) is 6.30. The van der Waals surface area contributed by atoms with Crippen LogP contribution in [0.4, 0.5) is 11.4 Å². The van der Waals surface area contributed by atoms with Crippen LogP contribution in [-0.2, 0) is 9.59 Å². The zero-order valence-electron chi connectivity index (χ0n) is 14.7. The van der Waals surface area contributed by atoms with Crippen LogP contribution in [0.15, 0.2) is 54.1 Å². The van der Waals surface area contributed by atoms with Crippen molar-refractivity contribution in [3.8, 4) is 0 Å². The van der Waals surface area contributed by atoms with Crippen LogP contribution in [0.5, 0.6) is 0 Å². The van der Waals surface area contributed by atoms with E-state index in [0.717, 1.165) is 5.56 Å². The predicted molar refractivity (Wildman–Crippen MR) is 104 cm³/mol. The van der Waals surface area contributed by atoms with Crippen molar-refractivity contribution in [1.29, 1.82) is 0 Å². The fourth-order valence-electron chi connectivity index (χ4n) is 2.22. The highest BCUT2D eigenvalue weighted by atomic mass is 35.5. The summed E-state index contributed by atoms with van der Waals surface area (Å²) in [6.07, 6.45) is 1.22. The summed E-state index contributed by atoms with van der Waals surface area (Å²) in [4.78, 5) is 35.5. The first kappa shape index (κ1) is 19.4. The number of hydrogen-bond acceptors (Lipinski definition) is 3. The lowest BCUT2D eigenvalue weighted by atomic mass is 10.1. The summed E-state index contributed by atoms with van der Waals surface area (Å²) < 4.78 is 0. The van der Waals surface area contributed by atoms with Crippen molar-refractivity contribution in [3.63, 3.8) is 0 Å². The molecule has 0 saturated carbocycles. The van der Waals surface area contributed by atoms with Crippen molar-refractivity contribution in [2.75, 3.05) is 10.6 Å². The summed E-state index contributed by atoms with van der Waals surface area (Å²) in [7, 11) is 0. The standard InChI is InChI=1S/C20H19ClN2O3/c1-12-10-16(21)6-9-18(12)23-20(26)13(2)11-19(25)22-17-7-4-15(5-8-17)14(3)24/h4-11H,1-3H3,(H,22,25)(H,23,26)/b13-11-. The lowest BCUT2D eigenvalue weighted by Gasteiger charge is -2.09. The van der Waals surface area contributed by atoms with Crippen molar-refractivity contribution in [2.45, 2.75) is 20.8 Å². The molecular formula is C20H19ClN2O3. The maximum atomic E-state index is 12.2. The van der Waals surface area contributed by atoms with Gasteiger partial charge in [0.25, 0.3) is 5.91 Å². The third-order valence-corrected chi connectivity index (χ3v) is 3.94. The Hall–Kier alpha value is -2.92. The molecule has 5 nitrogen and oxygen atoms in total. The molecule has 0 aromatic heterocycles. The number of carbonyl (C=O) groups is 3. The number of nitrogens with one attached hydrogen (secondary N) is 2. The van der Waals surface area contributed by atoms with E-state index in [4.69, 9.17) is 11.6 Å². The third kappa shape index (κ3) is 5.29. The first-order chi connectivity index (χ1) is 12.3. The summed E-state index contributed by atoms with van der Waals surface area (Å²) in [5.74, 6) is -0.855. The van der Waals surface area contributed by atoms with E-state index in [1.807, 2.05) is 6.92 Å². The minimum absolute atomic E-state index is 0.0484. The number of amides is 2. The summed E-state index contributed by atoms with van der Waals surface area (Å²) >= 11 is 5.89. The number of halogens is 1. The predicted octanol–water partition coefficient (Wildman–Crippen LogP) is 4.37. The number of hydrogen-bond donors (Lipinski definition) is 2. The lowest BCUT2D eigenvalue weighted by Crippen LogP contribution is -2.16. The first-order valence-electron chi connectivity index (χ1n) is 7.94. The fraction of sp³-hybridized carbons (Fsp3) is 0.150. The van der Waals surface area contributed by atoms with Crippen LogP contribution >= 0.6 is 11.6 Å². The molecule has 0 saturated heterocycles. The van der Waals surface area contributed by atoms with Gasteiger partial charge < -0.3 is 10.6 Å². The monoisotopic (exact) mass is 370 g/mol. The molecule has 2 amide bonds. The quantitative estimate of drug-likeness (QED) is 0.606. The number of anilines is 2. The molecule has 0 bridgehead atoms. The second-order valence-electron chi connectivity index (χ2n) is 5.86. The molecule has 26 heavy (non-hydrogen) atoms. The largest absolute Gasteiger partial charge is 0.323 e. The van der Waals surface area contributed by atoms with E-state index in [-0.39, 0.29) is 17.3 Å². The van der Waals surface area contributed by atoms with Gasteiger partial charge in [-0.1, -0.05) is 11.6 Å². The van der Waals surface area contributed by atoms with Crippen LogP contribution in [0.1, 0.15) is 29.8 Å². The SMILES string of the molecule is CC(=O)c1ccc(NC(=O)/C=C(/C)C(=O)Nc2ccc(Cl)cc2C)cc1. The molecule has 2 aromatic carbocycles. The molecular weight excluding hydrogens is 352 g/mol. The van der Waals surface area contributed by atoms with Gasteiger partial charge in [0.05, 0.1) is 0 Å². The number of benzene rings is 2. The van der Waals surface area contributed by atoms with Crippen LogP contribution in [0.25, 0.3) is 0 Å². The van der Waals surface area contributed by atoms with Crippen LogP contribution in [0.3, 0.4) is 0 Å². The molecule has 6 heteroatoms. The van der Waals surface area contributed by atoms with Crippen molar-refractivity contribution >= 4 is 40.6 Å². The normalized spacial score (nSPS) is 11.0. The minimum atomic E-state index is -0.430. The van der Waals surface area contributed by atoms with E-state index in [1.54, 1.807) is 49.4 Å². The van der Waals surface area contributed by atoms with Gasteiger partial charge >= 0.3 is 0 Å². The molecule has 0 aliphatic carbocycles. The van der Waals surface area contributed by atoms with E-state index >= 15 is 0 Å². The first-order valence-corrected chi connectivity index (χ1v) is 8.32. The molecule has 0 fully saturated rings. The maximum Gasteiger partial charge on any atom is 0.251 e. The van der Waals surface area contributed by atoms with Crippen LogP contribution in [0, 0.1) is 6.92 Å². The summed E-state index contributed by atoms with van der Waals surface area (Å²) in [6.45, 7) is 4.86. The second kappa shape index (κ2) is 8.45. The van der Waals surface area contributed by atoms with Crippen LogP contribution < -0.4 is 10.6 Å². The van der Waals surface area contributed by atoms with E-state index in [2.05, 4.69) is 10.6 Å². The molecule has 2 N–H and O–H groups in total. The zero-order chi connectivity index (χ0) is 19.3. The highest BCUT2D eigenvalue weighted by molar-refractivity contribution is 6.30. The van der Waals surface area contributed by atoms with Crippen molar-refractivity contribution in [3.05, 3.63) is 70.3 Å². The number of aryl methyl sites for hydroxylation is 1. The average Bonchev–Trinajstić information content (AvgIpc) is 2.57. The molecule has 0 unspecified atom stereocenters. The molecule has 134 valence electrons. The van der Waals surface area contributed by atoms with Gasteiger partial charge in [-0.05, 0) is 68.8 Å². The molecule has 0 aliphatic rings. The molecule has 0 aliphatic heterocycles. The van der Waals surface area contributed by atoms with Crippen LogP contribution in [0.2, 0.25) is 5.02 Å². The van der Waals surface area contributed by atoms with Gasteiger partial charge in [0, 0.05) is 33.6 Å². The number of ketones is 1. The van der Waals surface area contributed by atoms with Gasteiger partial charge in [-0.2, -0.15) is 0 Å². The minimum Gasteiger partial charge on any atom is -0.323 e. The Morgan fingerprint density at radius 1 is 0.962 bits per heavy atom. The molecule has 0 heterocycles. The Morgan fingerprint density at radius 2 is 1.62 bits per heavy atom. The van der Waals surface area contributed by atoms with Crippen molar-refractivity contribution in [1.82, 2.24) is 0 Å². The number of carbonyl (C=O) groups excluding carboxylic acids is 3. The van der Waals surface area contributed by atoms with Crippen molar-refractivity contribution in [2.24, 2.45) is 0 Å². The number of rotatable bonds is 5.